The second-order valence-corrected chi connectivity index (χ2v) is 7.79. The third-order valence-corrected chi connectivity index (χ3v) is 4.24. The summed E-state index contributed by atoms with van der Waals surface area (Å²) in [5.41, 5.74) is 3.21. The molecule has 2 N–H and O–H groups in total. The van der Waals surface area contributed by atoms with E-state index in [1.165, 1.54) is 0 Å². The summed E-state index contributed by atoms with van der Waals surface area (Å²) in [5.74, 6) is 0.380. The van der Waals surface area contributed by atoms with E-state index in [-0.39, 0.29) is 17.4 Å². The van der Waals surface area contributed by atoms with Gasteiger partial charge in [0.05, 0.1) is 0 Å². The standard InChI is InChI=1S/C22H34N2O2/c1-15(2)9-11-23-21(25)20(22(26)24-12-10-16(3)4)14-19-13-17(5)7-8-18(19)6/h7-8,13-16H,9-12H2,1-6H3,(H,23,25)(H,24,26). The van der Waals surface area contributed by atoms with Crippen LogP contribution in [0.5, 0.6) is 0 Å². The first-order valence-corrected chi connectivity index (χ1v) is 9.56. The van der Waals surface area contributed by atoms with Crippen LogP contribution in [0.3, 0.4) is 0 Å². The second kappa shape index (κ2) is 10.8. The monoisotopic (exact) mass is 358 g/mol. The maximum absolute atomic E-state index is 12.6. The molecule has 4 heteroatoms. The van der Waals surface area contributed by atoms with Gasteiger partial charge in [-0.2, -0.15) is 0 Å². The van der Waals surface area contributed by atoms with E-state index in [4.69, 9.17) is 0 Å². The Hall–Kier alpha value is -2.10. The van der Waals surface area contributed by atoms with Crippen molar-refractivity contribution in [2.45, 2.75) is 54.4 Å². The van der Waals surface area contributed by atoms with Crippen LogP contribution in [0.1, 0.15) is 57.2 Å². The Morgan fingerprint density at radius 2 is 1.42 bits per heavy atom. The quantitative estimate of drug-likeness (QED) is 0.398. The lowest BCUT2D eigenvalue weighted by Crippen LogP contribution is -2.36. The zero-order valence-electron chi connectivity index (χ0n) is 17.1. The van der Waals surface area contributed by atoms with Crippen LogP contribution in [0.2, 0.25) is 0 Å². The van der Waals surface area contributed by atoms with Gasteiger partial charge in [0, 0.05) is 13.1 Å². The van der Waals surface area contributed by atoms with Crippen LogP contribution in [0.15, 0.2) is 23.8 Å². The van der Waals surface area contributed by atoms with Gasteiger partial charge in [-0.1, -0.05) is 51.5 Å². The molecule has 0 saturated heterocycles. The number of rotatable bonds is 9. The molecule has 1 rings (SSSR count). The molecule has 0 fully saturated rings. The molecule has 0 bridgehead atoms. The third-order valence-electron chi connectivity index (χ3n) is 4.24. The molecular weight excluding hydrogens is 324 g/mol. The maximum atomic E-state index is 12.6. The van der Waals surface area contributed by atoms with Crippen LogP contribution in [-0.4, -0.2) is 24.9 Å². The predicted octanol–water partition coefficient (Wildman–Crippen LogP) is 4.01. The van der Waals surface area contributed by atoms with Crippen molar-refractivity contribution in [1.29, 1.82) is 0 Å². The molecule has 0 atom stereocenters. The van der Waals surface area contributed by atoms with Crippen LogP contribution < -0.4 is 10.6 Å². The molecule has 4 nitrogen and oxygen atoms in total. The highest BCUT2D eigenvalue weighted by Crippen LogP contribution is 2.15. The minimum absolute atomic E-state index is 0.172. The van der Waals surface area contributed by atoms with Gasteiger partial charge in [-0.25, -0.2) is 0 Å². The summed E-state index contributed by atoms with van der Waals surface area (Å²) in [4.78, 5) is 25.2. The van der Waals surface area contributed by atoms with Gasteiger partial charge in [-0.15, -0.1) is 0 Å². The van der Waals surface area contributed by atoms with Crippen molar-refractivity contribution in [3.8, 4) is 0 Å². The van der Waals surface area contributed by atoms with Crippen molar-refractivity contribution in [3.63, 3.8) is 0 Å². The molecule has 0 heterocycles. The summed E-state index contributed by atoms with van der Waals surface area (Å²) >= 11 is 0. The molecule has 0 aliphatic heterocycles. The van der Waals surface area contributed by atoms with Gasteiger partial charge in [0.25, 0.3) is 11.8 Å². The SMILES string of the molecule is Cc1ccc(C)c(C=C(C(=O)NCCC(C)C)C(=O)NCCC(C)C)c1. The van der Waals surface area contributed by atoms with E-state index < -0.39 is 0 Å². The molecule has 1 aromatic carbocycles. The normalized spacial score (nSPS) is 10.8. The zero-order valence-corrected chi connectivity index (χ0v) is 17.1. The maximum Gasteiger partial charge on any atom is 0.256 e. The van der Waals surface area contributed by atoms with Crippen LogP contribution in [0.25, 0.3) is 6.08 Å². The molecule has 1 aromatic rings. The van der Waals surface area contributed by atoms with E-state index >= 15 is 0 Å². The Kier molecular flexibility index (Phi) is 9.11. The van der Waals surface area contributed by atoms with Gasteiger partial charge < -0.3 is 10.6 Å². The summed E-state index contributed by atoms with van der Waals surface area (Å²) in [5, 5.41) is 5.76. The molecule has 0 unspecified atom stereocenters. The lowest BCUT2D eigenvalue weighted by Gasteiger charge is -2.12. The first-order chi connectivity index (χ1) is 12.2. The van der Waals surface area contributed by atoms with Gasteiger partial charge in [0.15, 0.2) is 0 Å². The van der Waals surface area contributed by atoms with Crippen molar-refractivity contribution in [2.24, 2.45) is 11.8 Å². The van der Waals surface area contributed by atoms with E-state index in [1.54, 1.807) is 6.08 Å². The van der Waals surface area contributed by atoms with Crippen LogP contribution >= 0.6 is 0 Å². The fraction of sp³-hybridized carbons (Fsp3) is 0.545. The number of aryl methyl sites for hydroxylation is 2. The summed E-state index contributed by atoms with van der Waals surface area (Å²) < 4.78 is 0. The van der Waals surface area contributed by atoms with Gasteiger partial charge in [-0.3, -0.25) is 9.59 Å². The molecular formula is C22H34N2O2. The number of hydrogen-bond acceptors (Lipinski definition) is 2. The minimum Gasteiger partial charge on any atom is -0.352 e. The second-order valence-electron chi connectivity index (χ2n) is 7.79. The molecule has 0 radical (unpaired) electrons. The largest absolute Gasteiger partial charge is 0.352 e. The smallest absolute Gasteiger partial charge is 0.256 e. The predicted molar refractivity (Wildman–Crippen MR) is 109 cm³/mol. The van der Waals surface area contributed by atoms with E-state index in [0.29, 0.717) is 24.9 Å². The number of amides is 2. The first-order valence-electron chi connectivity index (χ1n) is 9.56. The summed E-state index contributed by atoms with van der Waals surface area (Å²) in [7, 11) is 0. The molecule has 144 valence electrons. The molecule has 26 heavy (non-hydrogen) atoms. The number of carbonyl (C=O) groups is 2. The zero-order chi connectivity index (χ0) is 19.7. The number of carbonyl (C=O) groups excluding carboxylic acids is 2. The first kappa shape index (κ1) is 21.9. The average Bonchev–Trinajstić information content (AvgIpc) is 2.54. The van der Waals surface area contributed by atoms with E-state index in [2.05, 4.69) is 38.3 Å². The van der Waals surface area contributed by atoms with Crippen molar-refractivity contribution in [1.82, 2.24) is 10.6 Å². The summed E-state index contributed by atoms with van der Waals surface area (Å²) in [6.45, 7) is 13.6. The highest BCUT2D eigenvalue weighted by atomic mass is 16.2. The molecule has 0 saturated carbocycles. The lowest BCUT2D eigenvalue weighted by molar-refractivity contribution is -0.123. The Bertz CT molecular complexity index is 618. The number of benzene rings is 1. The highest BCUT2D eigenvalue weighted by molar-refractivity contribution is 6.21. The minimum atomic E-state index is -0.311. The van der Waals surface area contributed by atoms with Crippen molar-refractivity contribution in [2.75, 3.05) is 13.1 Å². The Morgan fingerprint density at radius 1 is 0.923 bits per heavy atom. The van der Waals surface area contributed by atoms with Crippen molar-refractivity contribution in [3.05, 3.63) is 40.5 Å². The Morgan fingerprint density at radius 3 is 1.88 bits per heavy atom. The van der Waals surface area contributed by atoms with Gasteiger partial charge in [0.2, 0.25) is 0 Å². The number of hydrogen-bond donors (Lipinski definition) is 2. The molecule has 0 aromatic heterocycles. The van der Waals surface area contributed by atoms with Gasteiger partial charge in [-0.05, 0) is 55.7 Å². The fourth-order valence-corrected chi connectivity index (χ4v) is 2.44. The van der Waals surface area contributed by atoms with Crippen LogP contribution in [0, 0.1) is 25.7 Å². The Labute approximate surface area is 158 Å². The molecule has 2 amide bonds. The van der Waals surface area contributed by atoms with Gasteiger partial charge in [0.1, 0.15) is 5.57 Å². The van der Waals surface area contributed by atoms with E-state index in [0.717, 1.165) is 29.5 Å². The lowest BCUT2D eigenvalue weighted by atomic mass is 10.0. The number of nitrogens with one attached hydrogen (secondary N) is 2. The molecule has 0 spiro atoms. The Balaban J connectivity index is 3.00. The summed E-state index contributed by atoms with van der Waals surface area (Å²) in [6.07, 6.45) is 3.48. The van der Waals surface area contributed by atoms with Gasteiger partial charge >= 0.3 is 0 Å². The molecule has 0 aliphatic rings. The average molecular weight is 359 g/mol. The molecule has 0 aliphatic carbocycles. The fourth-order valence-electron chi connectivity index (χ4n) is 2.44. The van der Waals surface area contributed by atoms with Crippen LogP contribution in [0.4, 0.5) is 0 Å². The van der Waals surface area contributed by atoms with Crippen molar-refractivity contribution >= 4 is 17.9 Å². The highest BCUT2D eigenvalue weighted by Gasteiger charge is 2.18. The van der Waals surface area contributed by atoms with E-state index in [1.807, 2.05) is 32.0 Å². The summed E-state index contributed by atoms with van der Waals surface area (Å²) in [6, 6.07) is 6.03. The van der Waals surface area contributed by atoms with E-state index in [9.17, 15) is 9.59 Å². The third kappa shape index (κ3) is 7.85. The van der Waals surface area contributed by atoms with Crippen molar-refractivity contribution < 1.29 is 9.59 Å². The topological polar surface area (TPSA) is 58.2 Å². The van der Waals surface area contributed by atoms with Crippen LogP contribution in [-0.2, 0) is 9.59 Å².